The molecular formula is C7H12Br2Zn. The summed E-state index contributed by atoms with van der Waals surface area (Å²) in [5.74, 6) is 2.34. The van der Waals surface area contributed by atoms with Gasteiger partial charge in [0.2, 0.25) is 0 Å². The van der Waals surface area contributed by atoms with E-state index in [4.69, 9.17) is 0 Å². The molecule has 0 amide bonds. The first-order valence-corrected chi connectivity index (χ1v) is 17.9. The van der Waals surface area contributed by atoms with Crippen molar-refractivity contribution in [2.45, 2.75) is 32.1 Å². The standard InChI is InChI=1S/C7H12.2BrH.Zn/c1-2-7-4-3-6(1)5-7;;;/h6-7H,1-5H2;2*1H;/q;;;+2/p-2. The maximum absolute atomic E-state index is 3.25. The summed E-state index contributed by atoms with van der Waals surface area (Å²) in [5.41, 5.74) is 0. The van der Waals surface area contributed by atoms with E-state index in [1.165, 1.54) is 11.8 Å². The SMILES string of the molecule is C1CC2CCC1C2.[Br][Zn][Br]. The number of fused-ring (bicyclic) bond motifs is 2. The van der Waals surface area contributed by atoms with Crippen molar-refractivity contribution in [3.63, 3.8) is 0 Å². The first-order valence-electron chi connectivity index (χ1n) is 3.98. The van der Waals surface area contributed by atoms with Gasteiger partial charge in [-0.05, 0) is 18.3 Å². The summed E-state index contributed by atoms with van der Waals surface area (Å²) < 4.78 is 0. The van der Waals surface area contributed by atoms with Crippen molar-refractivity contribution in [3.8, 4) is 0 Å². The third-order valence-corrected chi connectivity index (χ3v) is 2.63. The van der Waals surface area contributed by atoms with Gasteiger partial charge in [0, 0.05) is 0 Å². The van der Waals surface area contributed by atoms with Crippen LogP contribution in [0.1, 0.15) is 32.1 Å². The average molecular weight is 321 g/mol. The van der Waals surface area contributed by atoms with Gasteiger partial charge in [0.1, 0.15) is 0 Å². The second kappa shape index (κ2) is 5.27. The van der Waals surface area contributed by atoms with Gasteiger partial charge in [0.05, 0.1) is 0 Å². The molecule has 3 heteroatoms. The summed E-state index contributed by atoms with van der Waals surface area (Å²) in [7, 11) is 0. The average Bonchev–Trinajstić information content (AvgIpc) is 2.49. The second-order valence-corrected chi connectivity index (χ2v) is 17.3. The fourth-order valence-corrected chi connectivity index (χ4v) is 2.17. The molecule has 0 radical (unpaired) electrons. The molecule has 0 spiro atoms. The Morgan fingerprint density at radius 1 is 0.900 bits per heavy atom. The molecule has 2 aliphatic rings. The Hall–Kier alpha value is 1.58. The van der Waals surface area contributed by atoms with E-state index in [2.05, 4.69) is 27.2 Å². The molecule has 0 nitrogen and oxygen atoms in total. The van der Waals surface area contributed by atoms with Crippen LogP contribution in [0.5, 0.6) is 0 Å². The quantitative estimate of drug-likeness (QED) is 0.594. The van der Waals surface area contributed by atoms with Crippen LogP contribution in [0.3, 0.4) is 0 Å². The van der Waals surface area contributed by atoms with Crippen molar-refractivity contribution in [1.29, 1.82) is 0 Å². The van der Waals surface area contributed by atoms with Crippen molar-refractivity contribution in [3.05, 3.63) is 0 Å². The molecule has 0 aromatic carbocycles. The molecule has 2 rings (SSSR count). The number of hydrogen-bond donors (Lipinski definition) is 0. The first-order chi connectivity index (χ1) is 4.86. The molecule has 0 atom stereocenters. The Kier molecular flexibility index (Phi) is 5.09. The van der Waals surface area contributed by atoms with Gasteiger partial charge in [-0.1, -0.05) is 25.7 Å². The number of rotatable bonds is 0. The van der Waals surface area contributed by atoms with E-state index in [1.807, 2.05) is 0 Å². The molecule has 0 unspecified atom stereocenters. The molecule has 0 N–H and O–H groups in total. The van der Waals surface area contributed by atoms with E-state index < -0.39 is 0 Å². The summed E-state index contributed by atoms with van der Waals surface area (Å²) in [5, 5.41) is 0. The van der Waals surface area contributed by atoms with Crippen molar-refractivity contribution >= 4 is 27.2 Å². The fourth-order valence-electron chi connectivity index (χ4n) is 2.17. The van der Waals surface area contributed by atoms with Crippen molar-refractivity contribution in [1.82, 2.24) is 0 Å². The van der Waals surface area contributed by atoms with Crippen LogP contribution < -0.4 is 0 Å². The normalized spacial score (nSPS) is 34.6. The van der Waals surface area contributed by atoms with Crippen LogP contribution in [0.15, 0.2) is 0 Å². The molecule has 2 fully saturated rings. The zero-order chi connectivity index (χ0) is 7.40. The molecular weight excluding hydrogens is 309 g/mol. The number of hydrogen-bond acceptors (Lipinski definition) is 0. The third kappa shape index (κ3) is 2.91. The fraction of sp³-hybridized carbons (Fsp3) is 1.00. The van der Waals surface area contributed by atoms with Crippen LogP contribution in [0.25, 0.3) is 0 Å². The molecule has 56 valence electrons. The van der Waals surface area contributed by atoms with Crippen LogP contribution in [0.2, 0.25) is 0 Å². The van der Waals surface area contributed by atoms with E-state index in [9.17, 15) is 0 Å². The van der Waals surface area contributed by atoms with Gasteiger partial charge in [0.15, 0.2) is 0 Å². The van der Waals surface area contributed by atoms with Crippen LogP contribution >= 0.6 is 27.2 Å². The molecule has 2 aliphatic carbocycles. The summed E-state index contributed by atoms with van der Waals surface area (Å²) in [6, 6.07) is 0. The van der Waals surface area contributed by atoms with Gasteiger partial charge in [-0.2, -0.15) is 0 Å². The first kappa shape index (κ1) is 9.67. The zero-order valence-electron chi connectivity index (χ0n) is 6.15. The molecule has 10 heavy (non-hydrogen) atoms. The van der Waals surface area contributed by atoms with Gasteiger partial charge in [-0.3, -0.25) is 0 Å². The van der Waals surface area contributed by atoms with E-state index in [0.29, 0.717) is 0 Å². The second-order valence-electron chi connectivity index (χ2n) is 3.22. The van der Waals surface area contributed by atoms with Gasteiger partial charge < -0.3 is 0 Å². The van der Waals surface area contributed by atoms with E-state index in [1.54, 1.807) is 32.1 Å². The Bertz CT molecular complexity index is 79.6. The molecule has 2 bridgehead atoms. The zero-order valence-corrected chi connectivity index (χ0v) is 12.3. The summed E-state index contributed by atoms with van der Waals surface area (Å²) in [6.07, 6.45) is 7.82. The minimum absolute atomic E-state index is 0.250. The number of halogens is 2. The summed E-state index contributed by atoms with van der Waals surface area (Å²) >= 11 is 6.25. The van der Waals surface area contributed by atoms with Crippen LogP contribution in [-0.2, 0) is 13.2 Å². The Morgan fingerprint density at radius 2 is 1.20 bits per heavy atom. The molecule has 0 aromatic heterocycles. The summed E-state index contributed by atoms with van der Waals surface area (Å²) in [6.45, 7) is 0. The minimum atomic E-state index is -0.250. The molecule has 0 aromatic rings. The monoisotopic (exact) mass is 318 g/mol. The maximum atomic E-state index is 3.25. The van der Waals surface area contributed by atoms with E-state index >= 15 is 0 Å². The van der Waals surface area contributed by atoms with Crippen LogP contribution in [0.4, 0.5) is 0 Å². The topological polar surface area (TPSA) is 0 Å². The molecule has 2 saturated carbocycles. The van der Waals surface area contributed by atoms with Gasteiger partial charge in [-0.15, -0.1) is 0 Å². The third-order valence-electron chi connectivity index (χ3n) is 2.63. The van der Waals surface area contributed by atoms with Crippen molar-refractivity contribution in [2.75, 3.05) is 0 Å². The van der Waals surface area contributed by atoms with Gasteiger partial charge in [-0.25, -0.2) is 0 Å². The Balaban J connectivity index is 0.000000148. The molecule has 0 saturated heterocycles. The van der Waals surface area contributed by atoms with Crippen molar-refractivity contribution < 1.29 is 13.2 Å². The predicted octanol–water partition coefficient (Wildman–Crippen LogP) is 3.89. The van der Waals surface area contributed by atoms with Gasteiger partial charge in [0.25, 0.3) is 0 Å². The molecule has 0 heterocycles. The van der Waals surface area contributed by atoms with Gasteiger partial charge >= 0.3 is 40.5 Å². The predicted molar refractivity (Wildman–Crippen MR) is 47.9 cm³/mol. The Morgan fingerprint density at radius 3 is 1.30 bits per heavy atom. The van der Waals surface area contributed by atoms with E-state index in [-0.39, 0.29) is 13.2 Å². The van der Waals surface area contributed by atoms with Crippen LogP contribution in [0, 0.1) is 11.8 Å². The van der Waals surface area contributed by atoms with Crippen LogP contribution in [-0.4, -0.2) is 0 Å². The van der Waals surface area contributed by atoms with E-state index in [0.717, 1.165) is 0 Å². The van der Waals surface area contributed by atoms with Crippen molar-refractivity contribution in [2.24, 2.45) is 11.8 Å². The summed E-state index contributed by atoms with van der Waals surface area (Å²) in [4.78, 5) is 0. The molecule has 0 aliphatic heterocycles. The Labute approximate surface area is 83.8 Å².